The van der Waals surface area contributed by atoms with Crippen molar-refractivity contribution >= 4 is 17.1 Å². The predicted molar refractivity (Wildman–Crippen MR) is 65.6 cm³/mol. The molecule has 0 unspecified atom stereocenters. The highest BCUT2D eigenvalue weighted by Gasteiger charge is 2.44. The van der Waals surface area contributed by atoms with Gasteiger partial charge in [0, 0.05) is 0 Å². The number of aromatic nitrogens is 4. The maximum Gasteiger partial charge on any atom is 0.280 e. The molecule has 1 aliphatic heterocycles. The van der Waals surface area contributed by atoms with E-state index in [-0.39, 0.29) is 17.1 Å². The van der Waals surface area contributed by atoms with Crippen LogP contribution in [0.25, 0.3) is 11.2 Å². The van der Waals surface area contributed by atoms with Crippen LogP contribution in [0.1, 0.15) is 8.97 Å². The van der Waals surface area contributed by atoms with Crippen LogP contribution in [0.15, 0.2) is 11.1 Å². The number of nitrogens with two attached hydrogens (primary N) is 1. The van der Waals surface area contributed by atoms with E-state index >= 15 is 0 Å². The van der Waals surface area contributed by atoms with Crippen LogP contribution in [-0.2, 0) is 4.74 Å². The van der Waals surface area contributed by atoms with Gasteiger partial charge in [0.1, 0.15) is 19.7 Å². The minimum atomic E-state index is -2.49. The number of aromatic amines is 1. The summed E-state index contributed by atoms with van der Waals surface area (Å²) in [4.78, 5) is 21.5. The Kier molecular flexibility index (Phi) is 2.43. The van der Waals surface area contributed by atoms with Gasteiger partial charge in [0.15, 0.2) is 17.4 Å². The van der Waals surface area contributed by atoms with E-state index in [1.54, 1.807) is 0 Å². The topological polar surface area (TPSA) is 160 Å². The zero-order valence-electron chi connectivity index (χ0n) is 12.0. The number of aliphatic hydroxyl groups excluding tert-OH is 2. The van der Waals surface area contributed by atoms with Gasteiger partial charge >= 0.3 is 0 Å². The molecule has 20 heavy (non-hydrogen) atoms. The number of aliphatic hydroxyl groups is 3. The summed E-state index contributed by atoms with van der Waals surface area (Å²) in [6.45, 7) is -0.719. The molecule has 1 aliphatic rings. The first-order valence-electron chi connectivity index (χ1n) is 6.68. The van der Waals surface area contributed by atoms with Crippen molar-refractivity contribution < 1.29 is 22.8 Å². The lowest BCUT2D eigenvalue weighted by atomic mass is 10.1. The third-order valence-electron chi connectivity index (χ3n) is 3.02. The first-order chi connectivity index (χ1) is 10.3. The zero-order chi connectivity index (χ0) is 16.2. The summed E-state index contributed by atoms with van der Waals surface area (Å²) in [5, 5.41) is 29.1. The Labute approximate surface area is 114 Å². The highest BCUT2D eigenvalue weighted by molar-refractivity contribution is 5.70. The van der Waals surface area contributed by atoms with E-state index in [2.05, 4.69) is 15.0 Å². The van der Waals surface area contributed by atoms with Gasteiger partial charge in [-0.1, -0.05) is 0 Å². The quantitative estimate of drug-likeness (QED) is 0.399. The second kappa shape index (κ2) is 4.52. The molecule has 0 bridgehead atoms. The number of rotatable bonds is 2. The zero-order valence-corrected chi connectivity index (χ0v) is 10.0. The number of hydrogen-bond donors (Lipinski definition) is 5. The molecule has 1 saturated heterocycles. The number of fused-ring (bicyclic) bond motifs is 1. The Bertz CT molecular complexity index is 790. The summed E-state index contributed by atoms with van der Waals surface area (Å²) >= 11 is 0. The van der Waals surface area contributed by atoms with Crippen molar-refractivity contribution in [2.45, 2.75) is 24.5 Å². The fourth-order valence-electron chi connectivity index (χ4n) is 2.06. The fraction of sp³-hybridized carbons (Fsp3) is 0.500. The van der Waals surface area contributed by atoms with E-state index in [4.69, 9.17) is 18.3 Å². The van der Waals surface area contributed by atoms with Gasteiger partial charge in [-0.3, -0.25) is 14.3 Å². The van der Waals surface area contributed by atoms with Crippen LogP contribution < -0.4 is 11.3 Å². The van der Waals surface area contributed by atoms with E-state index in [0.29, 0.717) is 0 Å². The number of hydrogen-bond acceptors (Lipinski definition) is 8. The summed E-state index contributed by atoms with van der Waals surface area (Å²) in [5.74, 6) is -0.231. The number of imidazole rings is 1. The van der Waals surface area contributed by atoms with Crippen LogP contribution in [0, 0.1) is 0 Å². The molecule has 0 amide bonds. The Morgan fingerprint density at radius 1 is 1.65 bits per heavy atom. The standard InChI is InChI=1S/C10H13N5O5/c11-10-13-7-4(8(19)14-10)12-2-15(7)9-6(18)5(17)3(1-16)20-9/h2-3,5-6,9,16-18H,1H2,(H3,11,13,14,19)/t3-,5-,6-,9-/m1/s1/i2D,5D. The van der Waals surface area contributed by atoms with Crippen LogP contribution in [0.4, 0.5) is 5.95 Å². The summed E-state index contributed by atoms with van der Waals surface area (Å²) in [7, 11) is 0. The largest absolute Gasteiger partial charge is 0.394 e. The predicted octanol–water partition coefficient (Wildman–Crippen LogP) is -2.69. The van der Waals surface area contributed by atoms with E-state index in [9.17, 15) is 15.0 Å². The monoisotopic (exact) mass is 285 g/mol. The van der Waals surface area contributed by atoms with E-state index in [1.807, 2.05) is 0 Å². The van der Waals surface area contributed by atoms with E-state index < -0.39 is 43.0 Å². The Hall–Kier alpha value is -2.01. The molecule has 3 rings (SSSR count). The second-order valence-electron chi connectivity index (χ2n) is 4.27. The van der Waals surface area contributed by atoms with Crippen LogP contribution in [0.3, 0.4) is 0 Å². The summed E-state index contributed by atoms with van der Waals surface area (Å²) in [6, 6.07) is 0. The Balaban J connectivity index is 2.19. The molecule has 4 atom stereocenters. The molecule has 1 fully saturated rings. The molecule has 2 aromatic rings. The number of nitrogen functional groups attached to an aromatic ring is 1. The SMILES string of the molecule is [2H]c1nc2c(=O)[nH]c(N)nc2n1[C@@H]1O[C@H](CO)[C@@]([2H])(O)[C@H]1O. The summed E-state index contributed by atoms with van der Waals surface area (Å²) in [5.41, 5.74) is 4.43. The molecule has 10 nitrogen and oxygen atoms in total. The summed E-state index contributed by atoms with van der Waals surface area (Å²) in [6.07, 6.45) is -7.59. The van der Waals surface area contributed by atoms with Crippen molar-refractivity contribution in [2.75, 3.05) is 12.3 Å². The van der Waals surface area contributed by atoms with Crippen LogP contribution in [-0.4, -0.2) is 59.7 Å². The van der Waals surface area contributed by atoms with Gasteiger partial charge in [-0.15, -0.1) is 0 Å². The minimum absolute atomic E-state index is 0.135. The number of anilines is 1. The molecule has 0 radical (unpaired) electrons. The van der Waals surface area contributed by atoms with Crippen molar-refractivity contribution in [3.05, 3.63) is 16.7 Å². The highest BCUT2D eigenvalue weighted by Crippen LogP contribution is 2.30. The molecule has 108 valence electrons. The van der Waals surface area contributed by atoms with Gasteiger partial charge in [0.2, 0.25) is 5.95 Å². The highest BCUT2D eigenvalue weighted by atomic mass is 16.6. The minimum Gasteiger partial charge on any atom is -0.394 e. The van der Waals surface area contributed by atoms with Gasteiger partial charge in [-0.2, -0.15) is 4.98 Å². The normalized spacial score (nSPS) is 35.2. The lowest BCUT2D eigenvalue weighted by molar-refractivity contribution is -0.0511. The summed E-state index contributed by atoms with van der Waals surface area (Å²) < 4.78 is 21.6. The lowest BCUT2D eigenvalue weighted by Gasteiger charge is -2.16. The molecule has 10 heteroatoms. The van der Waals surface area contributed by atoms with Crippen molar-refractivity contribution in [1.82, 2.24) is 19.5 Å². The average Bonchev–Trinajstić information content (AvgIpc) is 2.86. The fourth-order valence-corrected chi connectivity index (χ4v) is 2.06. The third kappa shape index (κ3) is 1.78. The molecule has 0 aliphatic carbocycles. The van der Waals surface area contributed by atoms with Crippen molar-refractivity contribution in [3.63, 3.8) is 0 Å². The van der Waals surface area contributed by atoms with Gasteiger partial charge in [0.05, 0.1) is 14.3 Å². The maximum absolute atomic E-state index is 11.7. The van der Waals surface area contributed by atoms with Crippen molar-refractivity contribution in [1.29, 1.82) is 0 Å². The van der Waals surface area contributed by atoms with Crippen LogP contribution >= 0.6 is 0 Å². The van der Waals surface area contributed by atoms with Crippen LogP contribution in [0.2, 0.25) is 0 Å². The number of nitrogens with one attached hydrogen (secondary N) is 1. The van der Waals surface area contributed by atoms with E-state index in [1.165, 1.54) is 0 Å². The number of nitrogens with zero attached hydrogens (tertiary/aromatic N) is 3. The number of ether oxygens (including phenoxy) is 1. The average molecular weight is 285 g/mol. The van der Waals surface area contributed by atoms with Gasteiger partial charge in [-0.05, 0) is 0 Å². The molecule has 2 aromatic heterocycles. The molecule has 0 spiro atoms. The molecule has 6 N–H and O–H groups in total. The maximum atomic E-state index is 11.7. The second-order valence-corrected chi connectivity index (χ2v) is 4.27. The Morgan fingerprint density at radius 3 is 3.05 bits per heavy atom. The van der Waals surface area contributed by atoms with Gasteiger partial charge in [-0.25, -0.2) is 4.98 Å². The first kappa shape index (κ1) is 10.7. The molecule has 0 saturated carbocycles. The van der Waals surface area contributed by atoms with Crippen molar-refractivity contribution in [3.8, 4) is 0 Å². The van der Waals surface area contributed by atoms with E-state index in [0.717, 1.165) is 4.57 Å². The van der Waals surface area contributed by atoms with Gasteiger partial charge in [0.25, 0.3) is 5.56 Å². The van der Waals surface area contributed by atoms with Crippen molar-refractivity contribution in [2.24, 2.45) is 0 Å². The molecule has 0 aromatic carbocycles. The van der Waals surface area contributed by atoms with Crippen LogP contribution in [0.5, 0.6) is 0 Å². The molecular formula is C10H13N5O5. The molecular weight excluding hydrogens is 270 g/mol. The Morgan fingerprint density at radius 2 is 2.40 bits per heavy atom. The molecule has 3 heterocycles. The smallest absolute Gasteiger partial charge is 0.280 e. The first-order valence-corrected chi connectivity index (χ1v) is 5.68. The lowest BCUT2D eigenvalue weighted by Crippen LogP contribution is -2.33. The number of H-pyrrole nitrogens is 1. The third-order valence-corrected chi connectivity index (χ3v) is 3.02. The van der Waals surface area contributed by atoms with Gasteiger partial charge < -0.3 is 25.8 Å².